The van der Waals surface area contributed by atoms with Crippen molar-refractivity contribution in [2.45, 2.75) is 0 Å². The molecule has 14 rings (SSSR count). The maximum atomic E-state index is 10.0. The van der Waals surface area contributed by atoms with Crippen LogP contribution in [-0.4, -0.2) is 0 Å². The Hall–Kier alpha value is -10.1. The second-order valence-electron chi connectivity index (χ2n) is 18.2. The highest BCUT2D eigenvalue weighted by Crippen LogP contribution is 2.61. The average molecular weight is 881 g/mol. The van der Waals surface area contributed by atoms with Crippen molar-refractivity contribution in [3.63, 3.8) is 0 Å². The van der Waals surface area contributed by atoms with Crippen LogP contribution in [0.5, 0.6) is 0 Å². The van der Waals surface area contributed by atoms with Gasteiger partial charge in [-0.2, -0.15) is 21.0 Å². The van der Waals surface area contributed by atoms with Crippen molar-refractivity contribution in [1.29, 1.82) is 21.0 Å². The molecule has 316 valence electrons. The topological polar surface area (TPSA) is 95.2 Å². The summed E-state index contributed by atoms with van der Waals surface area (Å²) >= 11 is 0. The minimum Gasteiger partial charge on any atom is -0.192 e. The van der Waals surface area contributed by atoms with Crippen molar-refractivity contribution in [1.82, 2.24) is 0 Å². The van der Waals surface area contributed by atoms with Crippen LogP contribution in [0.2, 0.25) is 0 Å². The third kappa shape index (κ3) is 5.31. The summed E-state index contributed by atoms with van der Waals surface area (Å²) in [4.78, 5) is 0. The van der Waals surface area contributed by atoms with E-state index in [1.807, 2.05) is 48.5 Å². The fourth-order valence-corrected chi connectivity index (χ4v) is 12.0. The summed E-state index contributed by atoms with van der Waals surface area (Å²) in [5.74, 6) is 0. The Balaban J connectivity index is 1.23. The van der Waals surface area contributed by atoms with Crippen molar-refractivity contribution in [2.75, 3.05) is 0 Å². The van der Waals surface area contributed by atoms with Gasteiger partial charge in [-0.25, -0.2) is 0 Å². The van der Waals surface area contributed by atoms with E-state index >= 15 is 0 Å². The lowest BCUT2D eigenvalue weighted by molar-refractivity contribution is 1.48. The lowest BCUT2D eigenvalue weighted by Gasteiger charge is -2.24. The van der Waals surface area contributed by atoms with Gasteiger partial charge in [0.15, 0.2) is 0 Å². The van der Waals surface area contributed by atoms with E-state index in [1.165, 1.54) is 10.8 Å². The zero-order chi connectivity index (χ0) is 46.8. The molecule has 0 aromatic heterocycles. The molecule has 0 spiro atoms. The van der Waals surface area contributed by atoms with Crippen LogP contribution in [-0.2, 0) is 0 Å². The summed E-state index contributed by atoms with van der Waals surface area (Å²) in [6.45, 7) is 0. The van der Waals surface area contributed by atoms with E-state index in [-0.39, 0.29) is 0 Å². The third-order valence-electron chi connectivity index (χ3n) is 14.8. The lowest BCUT2D eigenvalue weighted by atomic mass is 9.78. The molecule has 12 aromatic rings. The van der Waals surface area contributed by atoms with Crippen LogP contribution in [0.3, 0.4) is 0 Å². The van der Waals surface area contributed by atoms with Crippen LogP contribution >= 0.6 is 0 Å². The SMILES string of the molecule is N#Cc1ccc(-c2c3c(c(-c4ccc(C#N)cc4)c4c2ccc2c4ccc4c(-c5ccc(C#N)cc5)c5c(c(-c6ccc(C#N)cc6)c42)-c2cccc4cccc-5c24)-c2cccc4cccc-3c24)cc1. The zero-order valence-corrected chi connectivity index (χ0v) is 37.3. The highest BCUT2D eigenvalue weighted by Gasteiger charge is 2.34. The molecule has 0 N–H and O–H groups in total. The maximum absolute atomic E-state index is 10.0. The van der Waals surface area contributed by atoms with Crippen LogP contribution < -0.4 is 0 Å². The van der Waals surface area contributed by atoms with Gasteiger partial charge in [-0.3, -0.25) is 0 Å². The number of benzene rings is 12. The lowest BCUT2D eigenvalue weighted by Crippen LogP contribution is -1.97. The standard InChI is InChI=1S/C66H32N4/c67-33-37-13-21-43(22-14-37)57-53-31-29-48-47(61(53)59(45-25-17-39(35-69)18-26-45)65-51-11-3-7-41-5-1-9-49(55(41)51)63(57)65)30-32-54-58(44-23-15-38(34-68)16-24-44)64-50-10-2-6-42-8-4-12-52(56(42)50)66(64)60(62(48)54)46-27-19-40(36-70)20-28-46/h1-32H. The summed E-state index contributed by atoms with van der Waals surface area (Å²) < 4.78 is 0. The molecule has 0 saturated heterocycles. The Kier molecular flexibility index (Phi) is 8.21. The van der Waals surface area contributed by atoms with Gasteiger partial charge in [0.25, 0.3) is 0 Å². The first-order valence-electron chi connectivity index (χ1n) is 23.2. The van der Waals surface area contributed by atoms with E-state index in [0.717, 1.165) is 132 Å². The summed E-state index contributed by atoms with van der Waals surface area (Å²) in [5.41, 5.74) is 20.0. The first-order valence-corrected chi connectivity index (χ1v) is 23.2. The molecule has 0 unspecified atom stereocenters. The highest BCUT2D eigenvalue weighted by molar-refractivity contribution is 6.36. The first kappa shape index (κ1) is 39.1. The van der Waals surface area contributed by atoms with Crippen molar-refractivity contribution in [2.24, 2.45) is 0 Å². The predicted molar refractivity (Wildman–Crippen MR) is 283 cm³/mol. The quantitative estimate of drug-likeness (QED) is 0.165. The smallest absolute Gasteiger partial charge is 0.0991 e. The van der Waals surface area contributed by atoms with E-state index in [0.29, 0.717) is 22.3 Å². The molecule has 70 heavy (non-hydrogen) atoms. The van der Waals surface area contributed by atoms with E-state index < -0.39 is 0 Å². The molecule has 12 aromatic carbocycles. The van der Waals surface area contributed by atoms with E-state index in [2.05, 4.69) is 170 Å². The molecule has 0 fully saturated rings. The van der Waals surface area contributed by atoms with Gasteiger partial charge < -0.3 is 0 Å². The van der Waals surface area contributed by atoms with Crippen LogP contribution in [0, 0.1) is 45.3 Å². The summed E-state index contributed by atoms with van der Waals surface area (Å²) in [6.07, 6.45) is 0. The van der Waals surface area contributed by atoms with Crippen LogP contribution in [0.15, 0.2) is 194 Å². The fraction of sp³-hybridized carbons (Fsp3) is 0. The Morgan fingerprint density at radius 2 is 0.471 bits per heavy atom. The van der Waals surface area contributed by atoms with Gasteiger partial charge in [0, 0.05) is 0 Å². The Morgan fingerprint density at radius 1 is 0.214 bits per heavy atom. The van der Waals surface area contributed by atoms with Gasteiger partial charge in [-0.15, -0.1) is 0 Å². The number of nitriles is 4. The fourth-order valence-electron chi connectivity index (χ4n) is 12.0. The molecule has 0 saturated carbocycles. The molecule has 0 atom stereocenters. The summed E-state index contributed by atoms with van der Waals surface area (Å²) in [6, 6.07) is 76.8. The van der Waals surface area contributed by atoms with Crippen molar-refractivity contribution < 1.29 is 0 Å². The molecule has 0 amide bonds. The zero-order valence-electron chi connectivity index (χ0n) is 37.3. The molecule has 4 heteroatoms. The average Bonchev–Trinajstić information content (AvgIpc) is 3.94. The van der Waals surface area contributed by atoms with Crippen molar-refractivity contribution in [3.05, 3.63) is 216 Å². The summed E-state index contributed by atoms with van der Waals surface area (Å²) in [7, 11) is 0. The van der Waals surface area contributed by atoms with Gasteiger partial charge in [-0.1, -0.05) is 146 Å². The second-order valence-corrected chi connectivity index (χ2v) is 18.2. The molecule has 0 aliphatic heterocycles. The minimum absolute atomic E-state index is 0.590. The number of hydrogen-bond donors (Lipinski definition) is 0. The van der Waals surface area contributed by atoms with Crippen LogP contribution in [0.25, 0.3) is 143 Å². The van der Waals surface area contributed by atoms with Gasteiger partial charge in [-0.05, 0) is 191 Å². The second kappa shape index (κ2) is 14.7. The number of nitrogens with zero attached hydrogens (tertiary/aromatic N) is 4. The monoisotopic (exact) mass is 880 g/mol. The molecule has 0 bridgehead atoms. The van der Waals surface area contributed by atoms with Crippen molar-refractivity contribution >= 4 is 53.9 Å². The van der Waals surface area contributed by atoms with E-state index in [1.54, 1.807) is 0 Å². The number of hydrogen-bond acceptors (Lipinski definition) is 4. The van der Waals surface area contributed by atoms with Gasteiger partial charge in [0.1, 0.15) is 0 Å². The van der Waals surface area contributed by atoms with Gasteiger partial charge in [0.2, 0.25) is 0 Å². The normalized spacial score (nSPS) is 11.7. The minimum atomic E-state index is 0.590. The van der Waals surface area contributed by atoms with Crippen molar-refractivity contribution in [3.8, 4) is 113 Å². The van der Waals surface area contributed by atoms with Crippen LogP contribution in [0.4, 0.5) is 0 Å². The van der Waals surface area contributed by atoms with E-state index in [9.17, 15) is 21.0 Å². The molecular formula is C66H32N4. The highest BCUT2D eigenvalue weighted by atomic mass is 14.4. The number of rotatable bonds is 4. The Labute approximate surface area is 402 Å². The van der Waals surface area contributed by atoms with E-state index in [4.69, 9.17) is 0 Å². The largest absolute Gasteiger partial charge is 0.192 e. The molecular weight excluding hydrogens is 849 g/mol. The third-order valence-corrected chi connectivity index (χ3v) is 14.8. The maximum Gasteiger partial charge on any atom is 0.0991 e. The molecule has 4 nitrogen and oxygen atoms in total. The summed E-state index contributed by atoms with van der Waals surface area (Å²) in [5, 5.41) is 51.2. The molecule has 2 aliphatic carbocycles. The van der Waals surface area contributed by atoms with Crippen LogP contribution in [0.1, 0.15) is 22.3 Å². The van der Waals surface area contributed by atoms with Gasteiger partial charge in [0.05, 0.1) is 46.5 Å². The number of fused-ring (bicyclic) bond motifs is 11. The predicted octanol–water partition coefficient (Wildman–Crippen LogP) is 16.9. The molecule has 0 heterocycles. The Bertz CT molecular complexity index is 4210. The Morgan fingerprint density at radius 3 is 0.757 bits per heavy atom. The molecule has 2 aliphatic rings. The molecule has 0 radical (unpaired) electrons. The van der Waals surface area contributed by atoms with Gasteiger partial charge >= 0.3 is 0 Å². The first-order chi connectivity index (χ1) is 34.6.